The maximum absolute atomic E-state index is 12.3. The van der Waals surface area contributed by atoms with Crippen molar-refractivity contribution in [2.45, 2.75) is 4.90 Å². The molecule has 0 saturated heterocycles. The van der Waals surface area contributed by atoms with Crippen LogP contribution in [0.2, 0.25) is 5.02 Å². The summed E-state index contributed by atoms with van der Waals surface area (Å²) < 4.78 is 27.8. The molecule has 0 unspecified atom stereocenters. The molecule has 0 heterocycles. The average molecular weight is 406 g/mol. The van der Waals surface area contributed by atoms with E-state index in [9.17, 15) is 8.42 Å². The minimum Gasteiger partial charge on any atom is -0.389 e. The van der Waals surface area contributed by atoms with E-state index in [1.54, 1.807) is 18.2 Å². The first kappa shape index (κ1) is 16.2. The fourth-order valence-electron chi connectivity index (χ4n) is 1.59. The van der Waals surface area contributed by atoms with E-state index < -0.39 is 10.0 Å². The van der Waals surface area contributed by atoms with Gasteiger partial charge in [0.15, 0.2) is 0 Å². The standard InChI is InChI=1S/C13H10BrClN2O2S2/c14-9-2-1-3-10(7-9)21(18,19)17-12-6-8(13(16)20)4-5-11(12)15/h1-7,17H,(H2,16,20). The Labute approximate surface area is 141 Å². The van der Waals surface area contributed by atoms with Gasteiger partial charge in [-0.25, -0.2) is 8.42 Å². The highest BCUT2D eigenvalue weighted by Crippen LogP contribution is 2.26. The number of nitrogens with one attached hydrogen (secondary N) is 1. The van der Waals surface area contributed by atoms with Crippen molar-refractivity contribution in [1.29, 1.82) is 0 Å². The van der Waals surface area contributed by atoms with Crippen molar-refractivity contribution in [2.24, 2.45) is 5.73 Å². The second kappa shape index (κ2) is 6.31. The average Bonchev–Trinajstić information content (AvgIpc) is 2.41. The smallest absolute Gasteiger partial charge is 0.261 e. The van der Waals surface area contributed by atoms with E-state index in [4.69, 9.17) is 29.6 Å². The Morgan fingerprint density at radius 1 is 1.24 bits per heavy atom. The normalized spacial score (nSPS) is 11.1. The molecule has 21 heavy (non-hydrogen) atoms. The lowest BCUT2D eigenvalue weighted by Gasteiger charge is -2.11. The third-order valence-corrected chi connectivity index (χ3v) is 5.02. The first-order chi connectivity index (χ1) is 9.79. The Bertz CT molecular complexity index is 810. The Balaban J connectivity index is 2.41. The van der Waals surface area contributed by atoms with Gasteiger partial charge in [0.05, 0.1) is 15.6 Å². The third-order valence-electron chi connectivity index (χ3n) is 2.60. The molecule has 2 aromatic carbocycles. The second-order valence-corrected chi connectivity index (χ2v) is 7.57. The van der Waals surface area contributed by atoms with Gasteiger partial charge in [-0.3, -0.25) is 4.72 Å². The lowest BCUT2D eigenvalue weighted by Crippen LogP contribution is -2.15. The zero-order valence-corrected chi connectivity index (χ0v) is 14.5. The van der Waals surface area contributed by atoms with Crippen molar-refractivity contribution in [1.82, 2.24) is 0 Å². The lowest BCUT2D eigenvalue weighted by atomic mass is 10.2. The fourth-order valence-corrected chi connectivity index (χ4v) is 3.61. The van der Waals surface area contributed by atoms with Crippen LogP contribution < -0.4 is 10.5 Å². The molecule has 3 N–H and O–H groups in total. The molecule has 4 nitrogen and oxygen atoms in total. The summed E-state index contributed by atoms with van der Waals surface area (Å²) in [4.78, 5) is 0.281. The molecule has 2 aromatic rings. The minimum absolute atomic E-state index is 0.119. The van der Waals surface area contributed by atoms with Crippen LogP contribution in [0.25, 0.3) is 0 Å². The Hall–Kier alpha value is -1.15. The van der Waals surface area contributed by atoms with Crippen molar-refractivity contribution >= 4 is 60.4 Å². The first-order valence-corrected chi connectivity index (χ1v) is 8.73. The van der Waals surface area contributed by atoms with E-state index in [0.717, 1.165) is 0 Å². The maximum atomic E-state index is 12.3. The van der Waals surface area contributed by atoms with Crippen molar-refractivity contribution in [3.63, 3.8) is 0 Å². The Morgan fingerprint density at radius 3 is 2.57 bits per heavy atom. The molecular weight excluding hydrogens is 396 g/mol. The van der Waals surface area contributed by atoms with Crippen LogP contribution in [0.4, 0.5) is 5.69 Å². The molecule has 0 saturated carbocycles. The molecule has 0 fully saturated rings. The summed E-state index contributed by atoms with van der Waals surface area (Å²) >= 11 is 14.1. The number of nitrogens with two attached hydrogens (primary N) is 1. The van der Waals surface area contributed by atoms with Crippen LogP contribution >= 0.6 is 39.7 Å². The Morgan fingerprint density at radius 2 is 1.95 bits per heavy atom. The summed E-state index contributed by atoms with van der Waals surface area (Å²) in [6, 6.07) is 11.0. The number of halogens is 2. The van der Waals surface area contributed by atoms with Crippen molar-refractivity contribution in [3.8, 4) is 0 Å². The van der Waals surface area contributed by atoms with Gasteiger partial charge in [0.25, 0.3) is 10.0 Å². The quantitative estimate of drug-likeness (QED) is 0.763. The molecule has 0 aliphatic carbocycles. The largest absolute Gasteiger partial charge is 0.389 e. The molecule has 0 aromatic heterocycles. The first-order valence-electron chi connectivity index (χ1n) is 5.67. The highest BCUT2D eigenvalue weighted by atomic mass is 79.9. The van der Waals surface area contributed by atoms with Gasteiger partial charge in [0.2, 0.25) is 0 Å². The van der Waals surface area contributed by atoms with Gasteiger partial charge in [-0.1, -0.05) is 51.9 Å². The molecule has 0 spiro atoms. The summed E-state index contributed by atoms with van der Waals surface area (Å²) in [7, 11) is -3.75. The summed E-state index contributed by atoms with van der Waals surface area (Å²) in [6.07, 6.45) is 0. The van der Waals surface area contributed by atoms with Crippen LogP contribution in [0.1, 0.15) is 5.56 Å². The molecule has 110 valence electrons. The van der Waals surface area contributed by atoms with Crippen molar-refractivity contribution < 1.29 is 8.42 Å². The van der Waals surface area contributed by atoms with Gasteiger partial charge in [0.1, 0.15) is 4.99 Å². The van der Waals surface area contributed by atoms with Gasteiger partial charge < -0.3 is 5.73 Å². The van der Waals surface area contributed by atoms with Gasteiger partial charge in [0, 0.05) is 10.0 Å². The Kier molecular flexibility index (Phi) is 4.88. The van der Waals surface area contributed by atoms with E-state index in [2.05, 4.69) is 20.7 Å². The summed E-state index contributed by atoms with van der Waals surface area (Å²) in [5.41, 5.74) is 6.29. The zero-order chi connectivity index (χ0) is 15.6. The second-order valence-electron chi connectivity index (χ2n) is 4.12. The van der Waals surface area contributed by atoms with Gasteiger partial charge >= 0.3 is 0 Å². The number of hydrogen-bond donors (Lipinski definition) is 2. The summed E-state index contributed by atoms with van der Waals surface area (Å²) in [5.74, 6) is 0. The van der Waals surface area contributed by atoms with Crippen molar-refractivity contribution in [3.05, 3.63) is 57.5 Å². The number of rotatable bonds is 4. The van der Waals surface area contributed by atoms with Crippen LogP contribution in [0.5, 0.6) is 0 Å². The number of hydrogen-bond acceptors (Lipinski definition) is 3. The molecule has 0 aliphatic rings. The molecule has 0 aliphatic heterocycles. The fraction of sp³-hybridized carbons (Fsp3) is 0. The molecule has 0 amide bonds. The van der Waals surface area contributed by atoms with Crippen LogP contribution in [-0.4, -0.2) is 13.4 Å². The van der Waals surface area contributed by atoms with E-state index in [1.807, 2.05) is 0 Å². The minimum atomic E-state index is -3.75. The third kappa shape index (κ3) is 3.94. The topological polar surface area (TPSA) is 72.2 Å². The molecular formula is C13H10BrClN2O2S2. The van der Waals surface area contributed by atoms with Crippen molar-refractivity contribution in [2.75, 3.05) is 4.72 Å². The number of sulfonamides is 1. The monoisotopic (exact) mass is 404 g/mol. The van der Waals surface area contributed by atoms with E-state index in [1.165, 1.54) is 24.3 Å². The number of anilines is 1. The van der Waals surface area contributed by atoms with Crippen LogP contribution in [-0.2, 0) is 10.0 Å². The van der Waals surface area contributed by atoms with E-state index >= 15 is 0 Å². The predicted molar refractivity (Wildman–Crippen MR) is 92.3 cm³/mol. The molecule has 0 bridgehead atoms. The van der Waals surface area contributed by atoms with Gasteiger partial charge in [-0.2, -0.15) is 0 Å². The molecule has 8 heteroatoms. The summed E-state index contributed by atoms with van der Waals surface area (Å²) in [6.45, 7) is 0. The zero-order valence-electron chi connectivity index (χ0n) is 10.5. The van der Waals surface area contributed by atoms with Gasteiger partial charge in [-0.05, 0) is 30.3 Å². The van der Waals surface area contributed by atoms with E-state index in [-0.39, 0.29) is 20.6 Å². The van der Waals surface area contributed by atoms with Crippen LogP contribution in [0, 0.1) is 0 Å². The number of thiocarbonyl (C=S) groups is 1. The molecule has 0 radical (unpaired) electrons. The highest BCUT2D eigenvalue weighted by molar-refractivity contribution is 9.10. The summed E-state index contributed by atoms with van der Waals surface area (Å²) in [5, 5.41) is 0.258. The highest BCUT2D eigenvalue weighted by Gasteiger charge is 2.16. The SMILES string of the molecule is NC(=S)c1ccc(Cl)c(NS(=O)(=O)c2cccc(Br)c2)c1. The predicted octanol–water partition coefficient (Wildman–Crippen LogP) is 3.54. The van der Waals surface area contributed by atoms with Gasteiger partial charge in [-0.15, -0.1) is 0 Å². The lowest BCUT2D eigenvalue weighted by molar-refractivity contribution is 0.601. The molecule has 0 atom stereocenters. The number of benzene rings is 2. The maximum Gasteiger partial charge on any atom is 0.261 e. The van der Waals surface area contributed by atoms with Crippen LogP contribution in [0.3, 0.4) is 0 Å². The van der Waals surface area contributed by atoms with E-state index in [0.29, 0.717) is 10.0 Å². The van der Waals surface area contributed by atoms with Crippen LogP contribution in [0.15, 0.2) is 51.8 Å². The molecule has 2 rings (SSSR count).